The summed E-state index contributed by atoms with van der Waals surface area (Å²) in [5.74, 6) is 0. The molecule has 0 aliphatic rings. The number of rotatable bonds is 7. The maximum absolute atomic E-state index is 12.6. The van der Waals surface area contributed by atoms with Gasteiger partial charge in [-0.2, -0.15) is 13.2 Å². The van der Waals surface area contributed by atoms with E-state index in [1.54, 1.807) is 4.90 Å². The SMILES string of the molecule is NCCN(CCc1ccccc1)C(=O)NCc1csc(C(F)(F)F)c1. The van der Waals surface area contributed by atoms with Gasteiger partial charge in [-0.25, -0.2) is 4.79 Å². The van der Waals surface area contributed by atoms with Crippen LogP contribution in [0.5, 0.6) is 0 Å². The Bertz CT molecular complexity index is 673. The molecule has 0 unspecified atom stereocenters. The van der Waals surface area contributed by atoms with Gasteiger partial charge in [0.25, 0.3) is 0 Å². The van der Waals surface area contributed by atoms with Crippen LogP contribution in [0.2, 0.25) is 0 Å². The quantitative estimate of drug-likeness (QED) is 0.783. The first kappa shape index (κ1) is 19.3. The van der Waals surface area contributed by atoms with E-state index in [9.17, 15) is 18.0 Å². The van der Waals surface area contributed by atoms with Crippen LogP contribution in [0.1, 0.15) is 16.0 Å². The number of urea groups is 1. The van der Waals surface area contributed by atoms with E-state index in [0.29, 0.717) is 43.0 Å². The predicted molar refractivity (Wildman–Crippen MR) is 92.3 cm³/mol. The molecule has 0 saturated heterocycles. The fourth-order valence-electron chi connectivity index (χ4n) is 2.29. The monoisotopic (exact) mass is 371 g/mol. The highest BCUT2D eigenvalue weighted by Crippen LogP contribution is 2.33. The number of alkyl halides is 3. The highest BCUT2D eigenvalue weighted by molar-refractivity contribution is 7.10. The smallest absolute Gasteiger partial charge is 0.334 e. The first-order chi connectivity index (χ1) is 11.9. The number of halogens is 3. The fourth-order valence-corrected chi connectivity index (χ4v) is 3.07. The first-order valence-electron chi connectivity index (χ1n) is 7.81. The summed E-state index contributed by atoms with van der Waals surface area (Å²) in [5, 5.41) is 4.06. The summed E-state index contributed by atoms with van der Waals surface area (Å²) in [6.07, 6.45) is -3.67. The van der Waals surface area contributed by atoms with E-state index < -0.39 is 11.1 Å². The van der Waals surface area contributed by atoms with Crippen LogP contribution in [0, 0.1) is 0 Å². The Hall–Kier alpha value is -2.06. The van der Waals surface area contributed by atoms with Crippen LogP contribution < -0.4 is 11.1 Å². The van der Waals surface area contributed by atoms with Gasteiger partial charge in [-0.3, -0.25) is 0 Å². The van der Waals surface area contributed by atoms with E-state index in [2.05, 4.69) is 5.32 Å². The molecule has 25 heavy (non-hydrogen) atoms. The molecule has 2 rings (SSSR count). The van der Waals surface area contributed by atoms with Crippen molar-refractivity contribution in [3.63, 3.8) is 0 Å². The molecule has 8 heteroatoms. The molecule has 0 aliphatic carbocycles. The number of benzene rings is 1. The molecule has 0 saturated carbocycles. The number of nitrogens with zero attached hydrogens (tertiary/aromatic N) is 1. The van der Waals surface area contributed by atoms with Crippen LogP contribution in [0.3, 0.4) is 0 Å². The number of thiophene rings is 1. The Kier molecular flexibility index (Phi) is 6.83. The highest BCUT2D eigenvalue weighted by atomic mass is 32.1. The second-order valence-electron chi connectivity index (χ2n) is 5.49. The normalized spacial score (nSPS) is 11.4. The summed E-state index contributed by atoms with van der Waals surface area (Å²) in [4.78, 5) is 13.2. The largest absolute Gasteiger partial charge is 0.425 e. The average Bonchev–Trinajstić information content (AvgIpc) is 3.07. The Morgan fingerprint density at radius 1 is 1.16 bits per heavy atom. The maximum Gasteiger partial charge on any atom is 0.425 e. The molecular weight excluding hydrogens is 351 g/mol. The number of nitrogens with two attached hydrogens (primary N) is 1. The van der Waals surface area contributed by atoms with Crippen molar-refractivity contribution in [2.24, 2.45) is 5.73 Å². The molecule has 2 aromatic rings. The second-order valence-corrected chi connectivity index (χ2v) is 6.40. The topological polar surface area (TPSA) is 58.4 Å². The highest BCUT2D eigenvalue weighted by Gasteiger charge is 2.32. The van der Waals surface area contributed by atoms with E-state index in [4.69, 9.17) is 5.73 Å². The zero-order chi connectivity index (χ0) is 18.3. The standard InChI is InChI=1S/C17H20F3N3OS/c18-17(19,20)15-10-14(12-25-15)11-22-16(24)23(9-7-21)8-6-13-4-2-1-3-5-13/h1-5,10,12H,6-9,11,21H2,(H,22,24). The number of carbonyl (C=O) groups is 1. The van der Waals surface area contributed by atoms with Crippen molar-refractivity contribution < 1.29 is 18.0 Å². The minimum Gasteiger partial charge on any atom is -0.334 e. The number of carbonyl (C=O) groups excluding carboxylic acids is 1. The molecule has 0 radical (unpaired) electrons. The van der Waals surface area contributed by atoms with Crippen LogP contribution in [0.4, 0.5) is 18.0 Å². The minimum absolute atomic E-state index is 0.0534. The summed E-state index contributed by atoms with van der Waals surface area (Å²) in [7, 11) is 0. The molecule has 2 amide bonds. The predicted octanol–water partition coefficient (Wildman–Crippen LogP) is 3.48. The number of hydrogen-bond donors (Lipinski definition) is 2. The Labute approximate surface area is 148 Å². The fraction of sp³-hybridized carbons (Fsp3) is 0.353. The molecule has 3 N–H and O–H groups in total. The molecule has 0 bridgehead atoms. The van der Waals surface area contributed by atoms with E-state index in [-0.39, 0.29) is 12.6 Å². The van der Waals surface area contributed by atoms with Crippen molar-refractivity contribution in [2.75, 3.05) is 19.6 Å². The molecule has 1 aromatic carbocycles. The lowest BCUT2D eigenvalue weighted by molar-refractivity contribution is -0.134. The van der Waals surface area contributed by atoms with Crippen LogP contribution in [-0.2, 0) is 19.1 Å². The number of hydrogen-bond acceptors (Lipinski definition) is 3. The van der Waals surface area contributed by atoms with Gasteiger partial charge in [-0.15, -0.1) is 11.3 Å². The van der Waals surface area contributed by atoms with E-state index in [0.717, 1.165) is 11.6 Å². The lowest BCUT2D eigenvalue weighted by Gasteiger charge is -2.22. The third-order valence-electron chi connectivity index (χ3n) is 3.58. The molecule has 0 spiro atoms. The molecule has 4 nitrogen and oxygen atoms in total. The van der Waals surface area contributed by atoms with Crippen molar-refractivity contribution in [1.29, 1.82) is 0 Å². The second kappa shape index (κ2) is 8.87. The number of amides is 2. The molecule has 1 heterocycles. The Morgan fingerprint density at radius 2 is 1.88 bits per heavy atom. The van der Waals surface area contributed by atoms with Crippen LogP contribution in [0.15, 0.2) is 41.8 Å². The molecule has 0 fully saturated rings. The van der Waals surface area contributed by atoms with E-state index >= 15 is 0 Å². The van der Waals surface area contributed by atoms with E-state index in [1.807, 2.05) is 30.3 Å². The summed E-state index contributed by atoms with van der Waals surface area (Å²) in [6, 6.07) is 10.5. The third-order valence-corrected chi connectivity index (χ3v) is 4.60. The van der Waals surface area contributed by atoms with Gasteiger partial charge in [0.2, 0.25) is 0 Å². The van der Waals surface area contributed by atoms with Crippen LogP contribution in [-0.4, -0.2) is 30.6 Å². The Balaban J connectivity index is 1.88. The minimum atomic E-state index is -4.35. The molecular formula is C17H20F3N3OS. The maximum atomic E-state index is 12.6. The van der Waals surface area contributed by atoms with Gasteiger partial charge in [0.15, 0.2) is 0 Å². The number of nitrogens with one attached hydrogen (secondary N) is 1. The van der Waals surface area contributed by atoms with Crippen LogP contribution in [0.25, 0.3) is 0 Å². The van der Waals surface area contributed by atoms with Gasteiger partial charge in [-0.1, -0.05) is 30.3 Å². The lowest BCUT2D eigenvalue weighted by atomic mass is 10.1. The Morgan fingerprint density at radius 3 is 2.48 bits per heavy atom. The van der Waals surface area contributed by atoms with Crippen molar-refractivity contribution >= 4 is 17.4 Å². The lowest BCUT2D eigenvalue weighted by Crippen LogP contribution is -2.43. The first-order valence-corrected chi connectivity index (χ1v) is 8.69. The molecule has 0 atom stereocenters. The van der Waals surface area contributed by atoms with Crippen molar-refractivity contribution in [3.8, 4) is 0 Å². The summed E-state index contributed by atoms with van der Waals surface area (Å²) in [5.41, 5.74) is 7.08. The van der Waals surface area contributed by atoms with Gasteiger partial charge in [-0.05, 0) is 29.0 Å². The molecule has 136 valence electrons. The zero-order valence-electron chi connectivity index (χ0n) is 13.6. The summed E-state index contributed by atoms with van der Waals surface area (Å²) >= 11 is 0.624. The van der Waals surface area contributed by atoms with Crippen molar-refractivity contribution in [3.05, 3.63) is 57.8 Å². The van der Waals surface area contributed by atoms with Gasteiger partial charge in [0.05, 0.1) is 0 Å². The zero-order valence-corrected chi connectivity index (χ0v) is 14.4. The van der Waals surface area contributed by atoms with Crippen molar-refractivity contribution in [1.82, 2.24) is 10.2 Å². The van der Waals surface area contributed by atoms with Crippen LogP contribution >= 0.6 is 11.3 Å². The molecule has 1 aromatic heterocycles. The molecule has 0 aliphatic heterocycles. The average molecular weight is 371 g/mol. The van der Waals surface area contributed by atoms with Gasteiger partial charge in [0.1, 0.15) is 4.88 Å². The van der Waals surface area contributed by atoms with Crippen molar-refractivity contribution in [2.45, 2.75) is 19.1 Å². The summed E-state index contributed by atoms with van der Waals surface area (Å²) < 4.78 is 37.8. The van der Waals surface area contributed by atoms with Gasteiger partial charge < -0.3 is 16.0 Å². The van der Waals surface area contributed by atoms with E-state index in [1.165, 1.54) is 5.38 Å². The van der Waals surface area contributed by atoms with Gasteiger partial charge in [0, 0.05) is 26.2 Å². The summed E-state index contributed by atoms with van der Waals surface area (Å²) in [6.45, 7) is 1.25. The third kappa shape index (κ3) is 6.06. The van der Waals surface area contributed by atoms with Gasteiger partial charge >= 0.3 is 12.2 Å².